The van der Waals surface area contributed by atoms with Crippen LogP contribution < -0.4 is 0 Å². The van der Waals surface area contributed by atoms with Gasteiger partial charge < -0.3 is 4.74 Å². The second-order valence-electron chi connectivity index (χ2n) is 1.12. The molecule has 1 aliphatic heterocycles. The predicted octanol–water partition coefficient (Wildman–Crippen LogP) is 0.654. The van der Waals surface area contributed by atoms with Crippen LogP contribution in [0.2, 0.25) is 0 Å². The van der Waals surface area contributed by atoms with E-state index in [-0.39, 0.29) is 0 Å². The van der Waals surface area contributed by atoms with E-state index in [1.54, 1.807) is 0 Å². The normalized spacial score (nSPS) is 21.3. The van der Waals surface area contributed by atoms with Crippen LogP contribution >= 0.6 is 0 Å². The maximum absolute atomic E-state index is 4.87. The van der Waals surface area contributed by atoms with E-state index in [9.17, 15) is 0 Å². The summed E-state index contributed by atoms with van der Waals surface area (Å²) in [4.78, 5) is 0. The van der Waals surface area contributed by atoms with E-state index in [1.165, 1.54) is 0 Å². The molecule has 0 aliphatic carbocycles. The van der Waals surface area contributed by atoms with Crippen LogP contribution in [0.25, 0.3) is 0 Å². The van der Waals surface area contributed by atoms with E-state index in [0.29, 0.717) is 6.61 Å². The van der Waals surface area contributed by atoms with Gasteiger partial charge in [-0.15, -0.1) is 0 Å². The van der Waals surface area contributed by atoms with Crippen LogP contribution in [0, 0.1) is 6.42 Å². The molecule has 0 aromatic rings. The van der Waals surface area contributed by atoms with Crippen molar-refractivity contribution in [1.82, 2.24) is 0 Å². The van der Waals surface area contributed by atoms with E-state index >= 15 is 0 Å². The third kappa shape index (κ3) is 0.830. The molecule has 0 aromatic carbocycles. The molecular formula is C5H6O. The van der Waals surface area contributed by atoms with Crippen LogP contribution in [-0.4, -0.2) is 13.2 Å². The Hall–Kier alpha value is -0.300. The summed E-state index contributed by atoms with van der Waals surface area (Å²) in [5, 5.41) is 0. The fraction of sp³-hybridized carbons (Fsp3) is 0.400. The highest BCUT2D eigenvalue weighted by Gasteiger charge is 1.87. The highest BCUT2D eigenvalue weighted by molar-refractivity contribution is 4.97. The second kappa shape index (κ2) is 1.98. The zero-order valence-corrected chi connectivity index (χ0v) is 3.48. The van der Waals surface area contributed by atoms with Gasteiger partial charge >= 0.3 is 0 Å². The molecule has 0 bridgehead atoms. The summed E-state index contributed by atoms with van der Waals surface area (Å²) in [6.07, 6.45) is 6.71. The molecule has 32 valence electrons. The first-order valence-electron chi connectivity index (χ1n) is 1.96. The van der Waals surface area contributed by atoms with Crippen molar-refractivity contribution in [2.45, 2.75) is 0 Å². The minimum atomic E-state index is 0.663. The van der Waals surface area contributed by atoms with Crippen LogP contribution in [0.3, 0.4) is 0 Å². The molecule has 1 aliphatic rings. The summed E-state index contributed by atoms with van der Waals surface area (Å²) in [5.74, 6) is 0. The highest BCUT2D eigenvalue weighted by Crippen LogP contribution is 1.90. The Morgan fingerprint density at radius 3 is 2.83 bits per heavy atom. The van der Waals surface area contributed by atoms with Crippen molar-refractivity contribution < 1.29 is 4.74 Å². The minimum Gasteiger partial charge on any atom is -0.376 e. The van der Waals surface area contributed by atoms with E-state index in [0.717, 1.165) is 6.61 Å². The monoisotopic (exact) mass is 82.0 g/mol. The third-order valence-electron chi connectivity index (χ3n) is 0.635. The lowest BCUT2D eigenvalue weighted by molar-refractivity contribution is 0.180. The topological polar surface area (TPSA) is 9.23 Å². The molecule has 0 N–H and O–H groups in total. The molecule has 1 rings (SSSR count). The van der Waals surface area contributed by atoms with Gasteiger partial charge in [0, 0.05) is 6.42 Å². The third-order valence-corrected chi connectivity index (χ3v) is 0.635. The molecule has 1 nitrogen and oxygen atoms in total. The molecule has 0 atom stereocenters. The Morgan fingerprint density at radius 1 is 1.67 bits per heavy atom. The Balaban J connectivity index is 2.26. The van der Waals surface area contributed by atoms with Gasteiger partial charge in [-0.1, -0.05) is 12.2 Å². The molecule has 0 unspecified atom stereocenters. The zero-order valence-electron chi connectivity index (χ0n) is 3.48. The first-order valence-corrected chi connectivity index (χ1v) is 1.96. The average Bonchev–Trinajstić information content (AvgIpc) is 1.72. The predicted molar refractivity (Wildman–Crippen MR) is 23.2 cm³/mol. The molecule has 2 radical (unpaired) electrons. The summed E-state index contributed by atoms with van der Waals surface area (Å²) in [6.45, 7) is 1.42. The van der Waals surface area contributed by atoms with Crippen LogP contribution in [-0.2, 0) is 4.74 Å². The van der Waals surface area contributed by atoms with E-state index in [1.807, 2.05) is 12.2 Å². The van der Waals surface area contributed by atoms with Gasteiger partial charge in [-0.2, -0.15) is 0 Å². The molecule has 0 saturated carbocycles. The fourth-order valence-corrected chi connectivity index (χ4v) is 0.365. The second-order valence-corrected chi connectivity index (χ2v) is 1.12. The number of hydrogen-bond acceptors (Lipinski definition) is 1. The standard InChI is InChI=1S/C5H6O/c1-2-4-6-5-3-1/h1-2H,4-5H2. The molecule has 0 fully saturated rings. The Bertz CT molecular complexity index is 49.0. The lowest BCUT2D eigenvalue weighted by Gasteiger charge is -1.99. The van der Waals surface area contributed by atoms with E-state index < -0.39 is 0 Å². The first-order chi connectivity index (χ1) is 3.00. The van der Waals surface area contributed by atoms with Gasteiger partial charge in [0.15, 0.2) is 0 Å². The van der Waals surface area contributed by atoms with Gasteiger partial charge in [0.05, 0.1) is 13.2 Å². The number of ether oxygens (including phenoxy) is 1. The van der Waals surface area contributed by atoms with Crippen molar-refractivity contribution in [1.29, 1.82) is 0 Å². The Labute approximate surface area is 37.6 Å². The maximum atomic E-state index is 4.87. The van der Waals surface area contributed by atoms with Gasteiger partial charge in [-0.3, -0.25) is 0 Å². The van der Waals surface area contributed by atoms with Crippen molar-refractivity contribution in [2.24, 2.45) is 0 Å². The Morgan fingerprint density at radius 2 is 2.67 bits per heavy atom. The smallest absolute Gasteiger partial charge is 0.0648 e. The molecule has 0 spiro atoms. The highest BCUT2D eigenvalue weighted by atomic mass is 16.5. The van der Waals surface area contributed by atoms with Crippen LogP contribution in [0.15, 0.2) is 12.2 Å². The molecular weight excluding hydrogens is 76.1 g/mol. The van der Waals surface area contributed by atoms with Crippen molar-refractivity contribution in [3.63, 3.8) is 0 Å². The fourth-order valence-electron chi connectivity index (χ4n) is 0.365. The summed E-state index contributed by atoms with van der Waals surface area (Å²) >= 11 is 0. The van der Waals surface area contributed by atoms with Crippen molar-refractivity contribution in [3.05, 3.63) is 18.6 Å². The van der Waals surface area contributed by atoms with Gasteiger partial charge in [0.1, 0.15) is 0 Å². The van der Waals surface area contributed by atoms with Crippen molar-refractivity contribution in [2.75, 3.05) is 13.2 Å². The SMILES string of the molecule is [C]1C=CCOC1. The quantitative estimate of drug-likeness (QED) is 0.417. The lowest BCUT2D eigenvalue weighted by Crippen LogP contribution is -1.97. The molecule has 1 heteroatoms. The number of rotatable bonds is 0. The molecule has 0 aromatic heterocycles. The van der Waals surface area contributed by atoms with Crippen molar-refractivity contribution >= 4 is 0 Å². The van der Waals surface area contributed by atoms with Gasteiger partial charge in [0.2, 0.25) is 0 Å². The largest absolute Gasteiger partial charge is 0.376 e. The zero-order chi connectivity index (χ0) is 4.24. The van der Waals surface area contributed by atoms with Crippen LogP contribution in [0.5, 0.6) is 0 Å². The summed E-state index contributed by atoms with van der Waals surface area (Å²) < 4.78 is 4.87. The van der Waals surface area contributed by atoms with E-state index in [4.69, 9.17) is 4.74 Å². The van der Waals surface area contributed by atoms with Gasteiger partial charge in [-0.05, 0) is 0 Å². The van der Waals surface area contributed by atoms with Gasteiger partial charge in [0.25, 0.3) is 0 Å². The van der Waals surface area contributed by atoms with Crippen LogP contribution in [0.1, 0.15) is 0 Å². The molecule has 1 heterocycles. The molecule has 6 heavy (non-hydrogen) atoms. The average molecular weight is 82.1 g/mol. The molecule has 0 saturated heterocycles. The van der Waals surface area contributed by atoms with Gasteiger partial charge in [-0.25, -0.2) is 0 Å². The van der Waals surface area contributed by atoms with Crippen LogP contribution in [0.4, 0.5) is 0 Å². The Kier molecular flexibility index (Phi) is 1.28. The summed E-state index contributed by atoms with van der Waals surface area (Å²) in [5.41, 5.74) is 0. The lowest BCUT2D eigenvalue weighted by atomic mass is 10.3. The summed E-state index contributed by atoms with van der Waals surface area (Å²) in [6, 6.07) is 0. The minimum absolute atomic E-state index is 0.663. The number of hydrogen-bond donors (Lipinski definition) is 0. The maximum Gasteiger partial charge on any atom is 0.0648 e. The van der Waals surface area contributed by atoms with E-state index in [2.05, 4.69) is 6.42 Å². The first kappa shape index (κ1) is 3.88. The molecule has 0 amide bonds. The van der Waals surface area contributed by atoms with Crippen molar-refractivity contribution in [3.8, 4) is 0 Å². The summed E-state index contributed by atoms with van der Waals surface area (Å²) in [7, 11) is 0.